The maximum atomic E-state index is 11.9. The summed E-state index contributed by atoms with van der Waals surface area (Å²) in [7, 11) is 0. The van der Waals surface area contributed by atoms with Crippen LogP contribution in [-0.2, 0) is 6.54 Å². The molecule has 0 saturated carbocycles. The number of hydrogen-bond acceptors (Lipinski definition) is 4. The van der Waals surface area contributed by atoms with Gasteiger partial charge >= 0.3 is 6.03 Å². The van der Waals surface area contributed by atoms with Gasteiger partial charge in [0.2, 0.25) is 0 Å². The zero-order valence-corrected chi connectivity index (χ0v) is 16.4. The monoisotopic (exact) mass is 419 g/mol. The highest BCUT2D eigenvalue weighted by Crippen LogP contribution is 2.22. The Balaban J connectivity index is 1.40. The van der Waals surface area contributed by atoms with E-state index in [2.05, 4.69) is 26.1 Å². The van der Waals surface area contributed by atoms with Crippen LogP contribution in [0.4, 0.5) is 10.6 Å². The van der Waals surface area contributed by atoms with Crippen LogP contribution >= 0.6 is 23.2 Å². The standard InChI is InChI=1S/C19H19Cl2N5O2/c20-15-7-6-12(10-16(15)21)11-24-19(28)23-9-3-8-22-17-13-4-1-2-5-14(13)18(27)26-25-17/h1-2,4-7,10H,3,8-9,11H2,(H,22,25)(H,26,27)(H2,23,24,28). The van der Waals surface area contributed by atoms with E-state index < -0.39 is 0 Å². The van der Waals surface area contributed by atoms with Crippen molar-refractivity contribution in [2.75, 3.05) is 18.4 Å². The van der Waals surface area contributed by atoms with Gasteiger partial charge < -0.3 is 16.0 Å². The first-order valence-corrected chi connectivity index (χ1v) is 9.47. The highest BCUT2D eigenvalue weighted by molar-refractivity contribution is 6.42. The van der Waals surface area contributed by atoms with Gasteiger partial charge in [-0.1, -0.05) is 47.5 Å². The van der Waals surface area contributed by atoms with Gasteiger partial charge in [0, 0.05) is 25.0 Å². The fourth-order valence-electron chi connectivity index (χ4n) is 2.64. The quantitative estimate of drug-likeness (QED) is 0.440. The number of halogens is 2. The smallest absolute Gasteiger partial charge is 0.315 e. The summed E-state index contributed by atoms with van der Waals surface area (Å²) in [6.45, 7) is 1.44. The third-order valence-electron chi connectivity index (χ3n) is 4.06. The first kappa shape index (κ1) is 20.0. The lowest BCUT2D eigenvalue weighted by atomic mass is 10.2. The Morgan fingerprint density at radius 1 is 1.00 bits per heavy atom. The van der Waals surface area contributed by atoms with E-state index in [1.54, 1.807) is 24.3 Å². The Bertz CT molecular complexity index is 1040. The van der Waals surface area contributed by atoms with Crippen LogP contribution in [0.25, 0.3) is 10.8 Å². The van der Waals surface area contributed by atoms with Crippen LogP contribution in [0.3, 0.4) is 0 Å². The minimum absolute atomic E-state index is 0.221. The fourth-order valence-corrected chi connectivity index (χ4v) is 2.96. The van der Waals surface area contributed by atoms with E-state index in [1.165, 1.54) is 0 Å². The van der Waals surface area contributed by atoms with Crippen molar-refractivity contribution in [3.8, 4) is 0 Å². The SMILES string of the molecule is O=C(NCCCNc1n[nH]c(=O)c2ccccc12)NCc1ccc(Cl)c(Cl)c1. The number of fused-ring (bicyclic) bond motifs is 1. The van der Waals surface area contributed by atoms with Crippen LogP contribution < -0.4 is 21.5 Å². The number of benzene rings is 2. The summed E-state index contributed by atoms with van der Waals surface area (Å²) >= 11 is 11.8. The van der Waals surface area contributed by atoms with E-state index in [4.69, 9.17) is 23.2 Å². The Kier molecular flexibility index (Phi) is 6.73. The van der Waals surface area contributed by atoms with Gasteiger partial charge in [-0.05, 0) is 30.2 Å². The van der Waals surface area contributed by atoms with Crippen molar-refractivity contribution >= 4 is 45.8 Å². The molecule has 1 heterocycles. The third-order valence-corrected chi connectivity index (χ3v) is 4.80. The number of nitrogens with zero attached hydrogens (tertiary/aromatic N) is 1. The Hall–Kier alpha value is -2.77. The molecule has 9 heteroatoms. The predicted octanol–water partition coefficient (Wildman–Crippen LogP) is 3.53. The summed E-state index contributed by atoms with van der Waals surface area (Å²) in [5, 5.41) is 17.5. The average molecular weight is 420 g/mol. The van der Waals surface area contributed by atoms with E-state index in [9.17, 15) is 9.59 Å². The Morgan fingerprint density at radius 2 is 1.79 bits per heavy atom. The molecule has 1 aromatic heterocycles. The second kappa shape index (κ2) is 9.43. The summed E-state index contributed by atoms with van der Waals surface area (Å²) in [6, 6.07) is 12.2. The summed E-state index contributed by atoms with van der Waals surface area (Å²) < 4.78 is 0. The summed E-state index contributed by atoms with van der Waals surface area (Å²) in [6.07, 6.45) is 0.690. The van der Waals surface area contributed by atoms with Gasteiger partial charge in [-0.3, -0.25) is 4.79 Å². The van der Waals surface area contributed by atoms with Gasteiger partial charge in [-0.15, -0.1) is 0 Å². The molecule has 7 nitrogen and oxygen atoms in total. The molecule has 0 atom stereocenters. The number of aromatic nitrogens is 2. The number of urea groups is 1. The lowest BCUT2D eigenvalue weighted by Gasteiger charge is -2.10. The van der Waals surface area contributed by atoms with Gasteiger partial charge in [0.05, 0.1) is 15.4 Å². The van der Waals surface area contributed by atoms with Crippen LogP contribution in [0.1, 0.15) is 12.0 Å². The minimum atomic E-state index is -0.265. The van der Waals surface area contributed by atoms with Gasteiger partial charge in [-0.25, -0.2) is 9.89 Å². The predicted molar refractivity (Wildman–Crippen MR) is 112 cm³/mol. The number of nitrogens with one attached hydrogen (secondary N) is 4. The number of carbonyl (C=O) groups excluding carboxylic acids is 1. The van der Waals surface area contributed by atoms with Crippen LogP contribution in [0.15, 0.2) is 47.3 Å². The topological polar surface area (TPSA) is 98.9 Å². The molecule has 0 aliphatic carbocycles. The van der Waals surface area contributed by atoms with Crippen LogP contribution in [-0.4, -0.2) is 29.3 Å². The molecule has 0 aliphatic rings. The van der Waals surface area contributed by atoms with Crippen molar-refractivity contribution in [2.45, 2.75) is 13.0 Å². The van der Waals surface area contributed by atoms with Gasteiger partial charge in [-0.2, -0.15) is 5.10 Å². The zero-order valence-electron chi connectivity index (χ0n) is 14.9. The molecular weight excluding hydrogens is 401 g/mol. The number of rotatable bonds is 7. The summed E-state index contributed by atoms with van der Waals surface area (Å²) in [5.41, 5.74) is 0.642. The number of hydrogen-bond donors (Lipinski definition) is 4. The molecule has 2 amide bonds. The molecule has 146 valence electrons. The third kappa shape index (κ3) is 5.15. The first-order valence-electron chi connectivity index (χ1n) is 8.71. The van der Waals surface area contributed by atoms with Crippen molar-refractivity contribution in [1.82, 2.24) is 20.8 Å². The highest BCUT2D eigenvalue weighted by atomic mass is 35.5. The molecule has 28 heavy (non-hydrogen) atoms. The second-order valence-electron chi connectivity index (χ2n) is 6.09. The van der Waals surface area contributed by atoms with E-state index >= 15 is 0 Å². The molecule has 3 aromatic rings. The molecule has 0 unspecified atom stereocenters. The highest BCUT2D eigenvalue weighted by Gasteiger charge is 2.06. The van der Waals surface area contributed by atoms with E-state index in [0.717, 1.165) is 10.9 Å². The minimum Gasteiger partial charge on any atom is -0.368 e. The van der Waals surface area contributed by atoms with Crippen molar-refractivity contribution in [1.29, 1.82) is 0 Å². The number of H-pyrrole nitrogens is 1. The molecular formula is C19H19Cl2N5O2. The molecule has 2 aromatic carbocycles. The molecule has 0 radical (unpaired) electrons. The van der Waals surface area contributed by atoms with Crippen LogP contribution in [0.2, 0.25) is 10.0 Å². The average Bonchev–Trinajstić information content (AvgIpc) is 2.70. The Labute approximate surface area is 171 Å². The normalized spacial score (nSPS) is 10.6. The second-order valence-corrected chi connectivity index (χ2v) is 6.90. The van der Waals surface area contributed by atoms with Gasteiger partial charge in [0.1, 0.15) is 0 Å². The fraction of sp³-hybridized carbons (Fsp3) is 0.211. The lowest BCUT2D eigenvalue weighted by Crippen LogP contribution is -2.36. The van der Waals surface area contributed by atoms with Crippen molar-refractivity contribution in [2.24, 2.45) is 0 Å². The lowest BCUT2D eigenvalue weighted by molar-refractivity contribution is 0.240. The first-order chi connectivity index (χ1) is 13.5. The molecule has 3 rings (SSSR count). The van der Waals surface area contributed by atoms with Crippen LogP contribution in [0, 0.1) is 0 Å². The number of aromatic amines is 1. The van der Waals surface area contributed by atoms with Crippen molar-refractivity contribution < 1.29 is 4.79 Å². The number of carbonyl (C=O) groups is 1. The van der Waals surface area contributed by atoms with E-state index in [-0.39, 0.29) is 11.6 Å². The van der Waals surface area contributed by atoms with Gasteiger partial charge in [0.15, 0.2) is 5.82 Å². The van der Waals surface area contributed by atoms with Gasteiger partial charge in [0.25, 0.3) is 5.56 Å². The van der Waals surface area contributed by atoms with Crippen molar-refractivity contribution in [3.05, 3.63) is 68.4 Å². The Morgan fingerprint density at radius 3 is 2.57 bits per heavy atom. The molecule has 4 N–H and O–H groups in total. The molecule has 0 fully saturated rings. The molecule has 0 saturated heterocycles. The summed E-state index contributed by atoms with van der Waals surface area (Å²) in [5.74, 6) is 0.610. The number of amides is 2. The maximum Gasteiger partial charge on any atom is 0.315 e. The van der Waals surface area contributed by atoms with E-state index in [0.29, 0.717) is 47.3 Å². The largest absolute Gasteiger partial charge is 0.368 e. The molecule has 0 spiro atoms. The van der Waals surface area contributed by atoms with E-state index in [1.807, 2.05) is 18.2 Å². The molecule has 0 aliphatic heterocycles. The summed E-state index contributed by atoms with van der Waals surface area (Å²) in [4.78, 5) is 23.6. The van der Waals surface area contributed by atoms with Crippen LogP contribution in [0.5, 0.6) is 0 Å². The maximum absolute atomic E-state index is 11.9. The number of anilines is 1. The molecule has 0 bridgehead atoms. The van der Waals surface area contributed by atoms with Crippen molar-refractivity contribution in [3.63, 3.8) is 0 Å². The zero-order chi connectivity index (χ0) is 19.9.